The molecule has 0 spiro atoms. The molecule has 0 aliphatic carbocycles. The third-order valence-electron chi connectivity index (χ3n) is 5.42. The number of amides is 1. The summed E-state index contributed by atoms with van der Waals surface area (Å²) in [7, 11) is -3.30. The van der Waals surface area contributed by atoms with Crippen molar-refractivity contribution < 1.29 is 17.6 Å². The van der Waals surface area contributed by atoms with E-state index in [9.17, 15) is 17.6 Å². The van der Waals surface area contributed by atoms with Crippen LogP contribution >= 0.6 is 0 Å². The number of allylic oxidation sites excluding steroid dienone is 1. The molecule has 0 fully saturated rings. The molecule has 7 heteroatoms. The molecule has 0 saturated carbocycles. The summed E-state index contributed by atoms with van der Waals surface area (Å²) in [5, 5.41) is 2.94. The first-order valence-electron chi connectivity index (χ1n) is 10.4. The highest BCUT2D eigenvalue weighted by Crippen LogP contribution is 2.29. The zero-order chi connectivity index (χ0) is 23.3. The van der Waals surface area contributed by atoms with Crippen LogP contribution in [0.25, 0.3) is 0 Å². The van der Waals surface area contributed by atoms with Crippen molar-refractivity contribution in [1.29, 1.82) is 0 Å². The van der Waals surface area contributed by atoms with E-state index in [2.05, 4.69) is 11.9 Å². The van der Waals surface area contributed by atoms with Gasteiger partial charge in [-0.1, -0.05) is 30.8 Å². The summed E-state index contributed by atoms with van der Waals surface area (Å²) in [6, 6.07) is 12.9. The first-order chi connectivity index (χ1) is 15.2. The van der Waals surface area contributed by atoms with E-state index >= 15 is 0 Å². The van der Waals surface area contributed by atoms with Crippen molar-refractivity contribution >= 4 is 15.7 Å². The molecule has 168 valence electrons. The van der Waals surface area contributed by atoms with E-state index < -0.39 is 9.84 Å². The van der Waals surface area contributed by atoms with E-state index in [1.54, 1.807) is 48.7 Å². The number of sulfone groups is 1. The summed E-state index contributed by atoms with van der Waals surface area (Å²) in [6.45, 7) is 7.04. The van der Waals surface area contributed by atoms with Gasteiger partial charge in [0.2, 0.25) is 0 Å². The Morgan fingerprint density at radius 3 is 2.22 bits per heavy atom. The minimum Gasteiger partial charge on any atom is -0.352 e. The molecule has 0 saturated heterocycles. The summed E-state index contributed by atoms with van der Waals surface area (Å²) < 4.78 is 37.0. The number of carbonyl (C=O) groups excluding carboxylic acids is 1. The van der Waals surface area contributed by atoms with Crippen LogP contribution in [0.4, 0.5) is 4.39 Å². The average Bonchev–Trinajstić information content (AvgIpc) is 2.77. The lowest BCUT2D eigenvalue weighted by atomic mass is 9.88. The molecule has 32 heavy (non-hydrogen) atoms. The molecule has 0 bridgehead atoms. The van der Waals surface area contributed by atoms with Crippen LogP contribution in [0.3, 0.4) is 0 Å². The minimum atomic E-state index is -3.30. The summed E-state index contributed by atoms with van der Waals surface area (Å²) in [4.78, 5) is 14.8. The van der Waals surface area contributed by atoms with Gasteiger partial charge >= 0.3 is 0 Å². The van der Waals surface area contributed by atoms with Crippen LogP contribution in [0, 0.1) is 5.82 Å². The molecule has 0 radical (unpaired) electrons. The minimum absolute atomic E-state index is 0.132. The highest BCUT2D eigenvalue weighted by atomic mass is 32.2. The van der Waals surface area contributed by atoms with Crippen LogP contribution in [0.15, 0.2) is 89.6 Å². The van der Waals surface area contributed by atoms with Gasteiger partial charge in [0.05, 0.1) is 10.5 Å². The third-order valence-corrected chi connectivity index (χ3v) is 6.55. The Labute approximate surface area is 188 Å². The van der Waals surface area contributed by atoms with Gasteiger partial charge in [-0.3, -0.25) is 4.79 Å². The van der Waals surface area contributed by atoms with Gasteiger partial charge in [0.15, 0.2) is 9.84 Å². The van der Waals surface area contributed by atoms with E-state index in [1.807, 2.05) is 17.9 Å². The lowest BCUT2D eigenvalue weighted by Crippen LogP contribution is -2.29. The SMILES string of the molecule is C=C1C=CC(C(=O)NCCC(c2ccc(F)cc2)c2ccc(S(C)(=O)=O)cc2)=CN1CC. The van der Waals surface area contributed by atoms with Crippen molar-refractivity contribution in [1.82, 2.24) is 10.2 Å². The zero-order valence-corrected chi connectivity index (χ0v) is 19.0. The standard InChI is InChI=1S/C25H27FN2O3S/c1-4-28-17-21(6-5-18(28)2)25(29)27-16-15-24(19-7-11-22(26)12-8-19)20-9-13-23(14-10-20)32(3,30)31/h5-14,17,24H,2,4,15-16H2,1,3H3,(H,27,29). The molecule has 1 N–H and O–H groups in total. The topological polar surface area (TPSA) is 66.5 Å². The summed E-state index contributed by atoms with van der Waals surface area (Å²) in [5.41, 5.74) is 3.16. The van der Waals surface area contributed by atoms with Gasteiger partial charge in [-0.2, -0.15) is 0 Å². The van der Waals surface area contributed by atoms with Gasteiger partial charge < -0.3 is 10.2 Å². The van der Waals surface area contributed by atoms with Crippen LogP contribution < -0.4 is 5.32 Å². The van der Waals surface area contributed by atoms with Crippen LogP contribution in [-0.4, -0.2) is 38.6 Å². The fraction of sp³-hybridized carbons (Fsp3) is 0.240. The molecule has 1 amide bonds. The summed E-state index contributed by atoms with van der Waals surface area (Å²) >= 11 is 0. The Bertz CT molecular complexity index is 1150. The van der Waals surface area contributed by atoms with E-state index in [0.29, 0.717) is 18.5 Å². The van der Waals surface area contributed by atoms with Crippen molar-refractivity contribution in [3.05, 3.63) is 102 Å². The number of nitrogens with zero attached hydrogens (tertiary/aromatic N) is 1. The molecule has 1 aliphatic rings. The van der Waals surface area contributed by atoms with Crippen molar-refractivity contribution in [2.75, 3.05) is 19.3 Å². The van der Waals surface area contributed by atoms with Gasteiger partial charge in [0, 0.05) is 37.2 Å². The number of hydrogen-bond donors (Lipinski definition) is 1. The zero-order valence-electron chi connectivity index (χ0n) is 18.2. The van der Waals surface area contributed by atoms with Gasteiger partial charge in [-0.25, -0.2) is 12.8 Å². The molecule has 1 heterocycles. The predicted molar refractivity (Wildman–Crippen MR) is 124 cm³/mol. The smallest absolute Gasteiger partial charge is 0.252 e. The monoisotopic (exact) mass is 454 g/mol. The molecule has 1 aliphatic heterocycles. The van der Waals surface area contributed by atoms with Crippen LogP contribution in [-0.2, 0) is 14.6 Å². The van der Waals surface area contributed by atoms with E-state index in [4.69, 9.17) is 0 Å². The second kappa shape index (κ2) is 9.96. The predicted octanol–water partition coefficient (Wildman–Crippen LogP) is 4.16. The molecular weight excluding hydrogens is 427 g/mol. The third kappa shape index (κ3) is 5.73. The highest BCUT2D eigenvalue weighted by Gasteiger charge is 2.18. The van der Waals surface area contributed by atoms with Gasteiger partial charge in [0.1, 0.15) is 5.82 Å². The molecule has 0 aromatic heterocycles. The van der Waals surface area contributed by atoms with Crippen molar-refractivity contribution in [2.24, 2.45) is 0 Å². The van der Waals surface area contributed by atoms with Gasteiger partial charge in [0.25, 0.3) is 5.91 Å². The lowest BCUT2D eigenvalue weighted by molar-refractivity contribution is -0.117. The maximum Gasteiger partial charge on any atom is 0.252 e. The molecule has 1 atom stereocenters. The molecule has 3 rings (SSSR count). The maximum atomic E-state index is 13.4. The number of rotatable bonds is 8. The normalized spacial score (nSPS) is 14.8. The first-order valence-corrected chi connectivity index (χ1v) is 12.3. The van der Waals surface area contributed by atoms with Gasteiger partial charge in [-0.05, 0) is 60.9 Å². The maximum absolute atomic E-state index is 13.4. The summed E-state index contributed by atoms with van der Waals surface area (Å²) in [6.07, 6.45) is 7.06. The molecular formula is C25H27FN2O3S. The summed E-state index contributed by atoms with van der Waals surface area (Å²) in [5.74, 6) is -0.642. The highest BCUT2D eigenvalue weighted by molar-refractivity contribution is 7.90. The molecule has 5 nitrogen and oxygen atoms in total. The number of likely N-dealkylation sites (N-methyl/N-ethyl adjacent to an activating group) is 1. The van der Waals surface area contributed by atoms with Crippen LogP contribution in [0.5, 0.6) is 0 Å². The number of benzene rings is 2. The van der Waals surface area contributed by atoms with E-state index in [0.717, 1.165) is 23.4 Å². The van der Waals surface area contributed by atoms with E-state index in [-0.39, 0.29) is 22.5 Å². The van der Waals surface area contributed by atoms with Crippen LogP contribution in [0.1, 0.15) is 30.4 Å². The molecule has 2 aromatic carbocycles. The number of nitrogens with one attached hydrogen (secondary N) is 1. The van der Waals surface area contributed by atoms with Crippen molar-refractivity contribution in [3.8, 4) is 0 Å². The number of hydrogen-bond acceptors (Lipinski definition) is 4. The molecule has 2 aromatic rings. The fourth-order valence-electron chi connectivity index (χ4n) is 3.60. The fourth-order valence-corrected chi connectivity index (χ4v) is 4.24. The Morgan fingerprint density at radius 2 is 1.66 bits per heavy atom. The quantitative estimate of drug-likeness (QED) is 0.651. The first kappa shape index (κ1) is 23.5. The van der Waals surface area contributed by atoms with Crippen molar-refractivity contribution in [2.45, 2.75) is 24.2 Å². The van der Waals surface area contributed by atoms with Crippen LogP contribution in [0.2, 0.25) is 0 Å². The van der Waals surface area contributed by atoms with E-state index in [1.165, 1.54) is 18.4 Å². The Balaban J connectivity index is 1.75. The average molecular weight is 455 g/mol. The lowest BCUT2D eigenvalue weighted by Gasteiger charge is -2.23. The van der Waals surface area contributed by atoms with Crippen molar-refractivity contribution in [3.63, 3.8) is 0 Å². The number of halogens is 1. The Morgan fingerprint density at radius 1 is 1.06 bits per heavy atom. The second-order valence-electron chi connectivity index (χ2n) is 7.69. The molecule has 1 unspecified atom stereocenters. The Hall–Kier alpha value is -3.19. The Kier molecular flexibility index (Phi) is 7.30. The number of carbonyl (C=O) groups is 1. The largest absolute Gasteiger partial charge is 0.352 e. The second-order valence-corrected chi connectivity index (χ2v) is 9.70. The van der Waals surface area contributed by atoms with Gasteiger partial charge in [-0.15, -0.1) is 0 Å².